The molecule has 1 aromatic rings. The van der Waals surface area contributed by atoms with Crippen LogP contribution in [0.5, 0.6) is 0 Å². The number of aryl methyl sites for hydroxylation is 2. The van der Waals surface area contributed by atoms with Crippen LogP contribution < -0.4 is 10.6 Å². The molecule has 21 heavy (non-hydrogen) atoms. The average Bonchev–Trinajstić information content (AvgIpc) is 2.43. The van der Waals surface area contributed by atoms with Gasteiger partial charge in [0.1, 0.15) is 0 Å². The first-order valence-electron chi connectivity index (χ1n) is 7.34. The lowest BCUT2D eigenvalue weighted by Gasteiger charge is -2.31. The van der Waals surface area contributed by atoms with Crippen molar-refractivity contribution in [3.05, 3.63) is 29.3 Å². The fourth-order valence-corrected chi connectivity index (χ4v) is 2.66. The second-order valence-electron chi connectivity index (χ2n) is 5.76. The Labute approximate surface area is 133 Å². The third-order valence-electron chi connectivity index (χ3n) is 3.99. The predicted molar refractivity (Wildman–Crippen MR) is 90.3 cm³/mol. The van der Waals surface area contributed by atoms with E-state index in [1.807, 2.05) is 33.0 Å². The molecule has 0 spiro atoms. The van der Waals surface area contributed by atoms with Crippen molar-refractivity contribution in [1.29, 1.82) is 0 Å². The Balaban J connectivity index is 0.00000220. The summed E-state index contributed by atoms with van der Waals surface area (Å²) in [5.74, 6) is 0.0692. The zero-order chi connectivity index (χ0) is 14.5. The van der Waals surface area contributed by atoms with Crippen molar-refractivity contribution in [2.75, 3.05) is 32.0 Å². The number of nitrogens with one attached hydrogen (secondary N) is 2. The van der Waals surface area contributed by atoms with Gasteiger partial charge in [-0.3, -0.25) is 9.69 Å². The van der Waals surface area contributed by atoms with Crippen molar-refractivity contribution in [2.24, 2.45) is 0 Å². The van der Waals surface area contributed by atoms with Crippen LogP contribution >= 0.6 is 12.4 Å². The molecule has 2 N–H and O–H groups in total. The fraction of sp³-hybridized carbons (Fsp3) is 0.562. The van der Waals surface area contributed by atoms with Crippen molar-refractivity contribution in [3.8, 4) is 0 Å². The summed E-state index contributed by atoms with van der Waals surface area (Å²) in [6, 6.07) is 6.64. The molecule has 1 fully saturated rings. The van der Waals surface area contributed by atoms with Gasteiger partial charge in [-0.25, -0.2) is 0 Å². The zero-order valence-electron chi connectivity index (χ0n) is 13.1. The molecular formula is C16H26ClN3O. The fourth-order valence-electron chi connectivity index (χ4n) is 2.66. The molecule has 1 aliphatic rings. The van der Waals surface area contributed by atoms with Crippen LogP contribution in [0.4, 0.5) is 5.69 Å². The molecule has 1 aromatic carbocycles. The quantitative estimate of drug-likeness (QED) is 0.897. The Morgan fingerprint density at radius 3 is 2.67 bits per heavy atom. The van der Waals surface area contributed by atoms with E-state index in [0.29, 0.717) is 12.6 Å². The molecule has 0 radical (unpaired) electrons. The van der Waals surface area contributed by atoms with Gasteiger partial charge in [-0.1, -0.05) is 12.1 Å². The van der Waals surface area contributed by atoms with Crippen molar-refractivity contribution >= 4 is 24.0 Å². The number of anilines is 1. The molecular weight excluding hydrogens is 286 g/mol. The SMILES string of the molecule is Cc1ccc(C)c(NC(=O)CN(C)C2CCNCC2)c1.Cl. The van der Waals surface area contributed by atoms with Crippen molar-refractivity contribution in [2.45, 2.75) is 32.7 Å². The smallest absolute Gasteiger partial charge is 0.238 e. The van der Waals surface area contributed by atoms with E-state index in [9.17, 15) is 4.79 Å². The van der Waals surface area contributed by atoms with Gasteiger partial charge in [-0.05, 0) is 64.0 Å². The molecule has 1 aliphatic heterocycles. The highest BCUT2D eigenvalue weighted by Crippen LogP contribution is 2.16. The summed E-state index contributed by atoms with van der Waals surface area (Å²) in [5, 5.41) is 6.37. The van der Waals surface area contributed by atoms with Gasteiger partial charge in [0, 0.05) is 11.7 Å². The third kappa shape index (κ3) is 5.30. The Hall–Kier alpha value is -1.10. The van der Waals surface area contributed by atoms with Gasteiger partial charge in [0.05, 0.1) is 6.54 Å². The summed E-state index contributed by atoms with van der Waals surface area (Å²) in [6.45, 7) is 6.61. The van der Waals surface area contributed by atoms with Crippen molar-refractivity contribution < 1.29 is 4.79 Å². The van der Waals surface area contributed by atoms with Gasteiger partial charge in [0.15, 0.2) is 0 Å². The molecule has 0 unspecified atom stereocenters. The van der Waals surface area contributed by atoms with Gasteiger partial charge in [0.2, 0.25) is 5.91 Å². The van der Waals surface area contributed by atoms with Gasteiger partial charge >= 0.3 is 0 Å². The lowest BCUT2D eigenvalue weighted by atomic mass is 10.1. The highest BCUT2D eigenvalue weighted by Gasteiger charge is 2.19. The van der Waals surface area contributed by atoms with Crippen LogP contribution in [-0.4, -0.2) is 43.5 Å². The number of piperidine rings is 1. The molecule has 0 bridgehead atoms. The van der Waals surface area contributed by atoms with Crippen LogP contribution in [0.3, 0.4) is 0 Å². The molecule has 0 aliphatic carbocycles. The van der Waals surface area contributed by atoms with Gasteiger partial charge < -0.3 is 10.6 Å². The molecule has 4 nitrogen and oxygen atoms in total. The number of amides is 1. The van der Waals surface area contributed by atoms with Crippen LogP contribution in [0.1, 0.15) is 24.0 Å². The minimum absolute atomic E-state index is 0. The monoisotopic (exact) mass is 311 g/mol. The Bertz CT molecular complexity index is 473. The number of hydrogen-bond acceptors (Lipinski definition) is 3. The topological polar surface area (TPSA) is 44.4 Å². The first kappa shape index (κ1) is 18.0. The maximum absolute atomic E-state index is 12.2. The molecule has 0 saturated carbocycles. The lowest BCUT2D eigenvalue weighted by molar-refractivity contribution is -0.117. The van der Waals surface area contributed by atoms with Crippen LogP contribution in [0, 0.1) is 13.8 Å². The largest absolute Gasteiger partial charge is 0.325 e. The molecule has 118 valence electrons. The number of carbonyl (C=O) groups is 1. The summed E-state index contributed by atoms with van der Waals surface area (Å²) in [4.78, 5) is 14.3. The number of rotatable bonds is 4. The third-order valence-corrected chi connectivity index (χ3v) is 3.99. The molecule has 1 saturated heterocycles. The zero-order valence-corrected chi connectivity index (χ0v) is 13.9. The summed E-state index contributed by atoms with van der Waals surface area (Å²) < 4.78 is 0. The number of nitrogens with zero attached hydrogens (tertiary/aromatic N) is 1. The standard InChI is InChI=1S/C16H25N3O.ClH/c1-12-4-5-13(2)15(10-12)18-16(20)11-19(3)14-6-8-17-9-7-14;/h4-5,10,14,17H,6-9,11H2,1-3H3,(H,18,20);1H. The minimum Gasteiger partial charge on any atom is -0.325 e. The number of carbonyl (C=O) groups excluding carboxylic acids is 1. The van der Waals surface area contributed by atoms with Crippen LogP contribution in [0.15, 0.2) is 18.2 Å². The Morgan fingerprint density at radius 2 is 2.00 bits per heavy atom. The van der Waals surface area contributed by atoms with E-state index < -0.39 is 0 Å². The van der Waals surface area contributed by atoms with E-state index >= 15 is 0 Å². The van der Waals surface area contributed by atoms with E-state index in [4.69, 9.17) is 0 Å². The normalized spacial score (nSPS) is 15.6. The van der Waals surface area contributed by atoms with Crippen LogP contribution in [-0.2, 0) is 4.79 Å². The van der Waals surface area contributed by atoms with E-state index in [0.717, 1.165) is 42.7 Å². The summed E-state index contributed by atoms with van der Waals surface area (Å²) >= 11 is 0. The van der Waals surface area contributed by atoms with Crippen LogP contribution in [0.25, 0.3) is 0 Å². The van der Waals surface area contributed by atoms with Crippen LogP contribution in [0.2, 0.25) is 0 Å². The second-order valence-corrected chi connectivity index (χ2v) is 5.76. The predicted octanol–water partition coefficient (Wildman–Crippen LogP) is 2.35. The Kier molecular flexibility index (Phi) is 7.15. The summed E-state index contributed by atoms with van der Waals surface area (Å²) in [7, 11) is 2.04. The molecule has 2 rings (SSSR count). The maximum Gasteiger partial charge on any atom is 0.238 e. The van der Waals surface area contributed by atoms with E-state index in [1.165, 1.54) is 0 Å². The first-order valence-corrected chi connectivity index (χ1v) is 7.34. The van der Waals surface area contributed by atoms with E-state index in [1.54, 1.807) is 0 Å². The number of halogens is 1. The molecule has 1 heterocycles. The lowest BCUT2D eigenvalue weighted by Crippen LogP contribution is -2.44. The minimum atomic E-state index is 0. The highest BCUT2D eigenvalue weighted by atomic mass is 35.5. The van der Waals surface area contributed by atoms with E-state index in [-0.39, 0.29) is 18.3 Å². The van der Waals surface area contributed by atoms with Gasteiger partial charge in [0.25, 0.3) is 0 Å². The molecule has 0 atom stereocenters. The van der Waals surface area contributed by atoms with Gasteiger partial charge in [-0.15, -0.1) is 12.4 Å². The molecule has 5 heteroatoms. The number of likely N-dealkylation sites (N-methyl/N-ethyl adjacent to an activating group) is 1. The van der Waals surface area contributed by atoms with Crippen molar-refractivity contribution in [3.63, 3.8) is 0 Å². The maximum atomic E-state index is 12.2. The first-order chi connectivity index (χ1) is 9.56. The van der Waals surface area contributed by atoms with Crippen molar-refractivity contribution in [1.82, 2.24) is 10.2 Å². The highest BCUT2D eigenvalue weighted by molar-refractivity contribution is 5.93. The van der Waals surface area contributed by atoms with E-state index in [2.05, 4.69) is 21.6 Å². The van der Waals surface area contributed by atoms with Gasteiger partial charge in [-0.2, -0.15) is 0 Å². The number of benzene rings is 1. The number of hydrogen-bond donors (Lipinski definition) is 2. The second kappa shape index (κ2) is 8.37. The summed E-state index contributed by atoms with van der Waals surface area (Å²) in [5.41, 5.74) is 3.19. The molecule has 0 aromatic heterocycles. The average molecular weight is 312 g/mol. The Morgan fingerprint density at radius 1 is 1.33 bits per heavy atom. The summed E-state index contributed by atoms with van der Waals surface area (Å²) in [6.07, 6.45) is 2.24. The molecule has 1 amide bonds.